The summed E-state index contributed by atoms with van der Waals surface area (Å²) >= 11 is 3.02. The van der Waals surface area contributed by atoms with Crippen molar-refractivity contribution >= 4 is 21.9 Å². The Bertz CT molecular complexity index is 365. The Kier molecular flexibility index (Phi) is 3.46. The van der Waals surface area contributed by atoms with E-state index in [1.807, 2.05) is 0 Å². The number of ether oxygens (including phenoxy) is 1. The highest BCUT2D eigenvalue weighted by Gasteiger charge is 2.13. The van der Waals surface area contributed by atoms with Crippen LogP contribution in [0.1, 0.15) is 17.3 Å². The van der Waals surface area contributed by atoms with Crippen molar-refractivity contribution in [3.05, 3.63) is 28.0 Å². The molecule has 14 heavy (non-hydrogen) atoms. The van der Waals surface area contributed by atoms with E-state index in [0.717, 1.165) is 6.07 Å². The molecule has 0 bridgehead atoms. The van der Waals surface area contributed by atoms with Crippen molar-refractivity contribution < 1.29 is 19.0 Å². The molecule has 1 rings (SSSR count). The zero-order valence-electron chi connectivity index (χ0n) is 7.38. The van der Waals surface area contributed by atoms with Crippen molar-refractivity contribution in [1.29, 1.82) is 0 Å². The van der Waals surface area contributed by atoms with Gasteiger partial charge in [0.25, 0.3) is 0 Å². The van der Waals surface area contributed by atoms with Gasteiger partial charge in [-0.1, -0.05) is 0 Å². The number of aromatic carboxylic acids is 1. The van der Waals surface area contributed by atoms with E-state index in [2.05, 4.69) is 15.9 Å². The van der Waals surface area contributed by atoms with Crippen LogP contribution < -0.4 is 4.74 Å². The van der Waals surface area contributed by atoms with Crippen LogP contribution in [0, 0.1) is 5.82 Å². The van der Waals surface area contributed by atoms with Crippen molar-refractivity contribution in [2.75, 3.05) is 6.61 Å². The molecule has 0 aliphatic carbocycles. The molecule has 3 nitrogen and oxygen atoms in total. The van der Waals surface area contributed by atoms with Crippen molar-refractivity contribution in [1.82, 2.24) is 0 Å². The smallest absolute Gasteiger partial charge is 0.336 e. The standard InChI is InChI=1S/C9H8BrFO3/c1-2-14-8-4-6(10)5(9(12)13)3-7(8)11/h3-4H,2H2,1H3,(H,12,13). The molecule has 0 saturated carbocycles. The third-order valence-electron chi connectivity index (χ3n) is 1.55. The predicted molar refractivity (Wildman–Crippen MR) is 52.2 cm³/mol. The lowest BCUT2D eigenvalue weighted by Crippen LogP contribution is -2.01. The maximum atomic E-state index is 13.2. The fourth-order valence-electron chi connectivity index (χ4n) is 0.959. The van der Waals surface area contributed by atoms with Gasteiger partial charge in [0, 0.05) is 4.47 Å². The van der Waals surface area contributed by atoms with E-state index in [0.29, 0.717) is 11.1 Å². The van der Waals surface area contributed by atoms with E-state index in [9.17, 15) is 9.18 Å². The first-order valence-electron chi connectivity index (χ1n) is 3.91. The first-order valence-corrected chi connectivity index (χ1v) is 4.70. The fourth-order valence-corrected chi connectivity index (χ4v) is 1.45. The number of benzene rings is 1. The van der Waals surface area contributed by atoms with Gasteiger partial charge < -0.3 is 9.84 Å². The van der Waals surface area contributed by atoms with E-state index < -0.39 is 11.8 Å². The molecule has 0 aliphatic heterocycles. The molecular weight excluding hydrogens is 255 g/mol. The number of hydrogen-bond donors (Lipinski definition) is 1. The van der Waals surface area contributed by atoms with Crippen molar-refractivity contribution in [3.8, 4) is 5.75 Å². The van der Waals surface area contributed by atoms with Crippen LogP contribution in [0.5, 0.6) is 5.75 Å². The topological polar surface area (TPSA) is 46.5 Å². The van der Waals surface area contributed by atoms with Gasteiger partial charge >= 0.3 is 5.97 Å². The lowest BCUT2D eigenvalue weighted by atomic mass is 10.2. The van der Waals surface area contributed by atoms with Crippen molar-refractivity contribution in [2.24, 2.45) is 0 Å². The molecule has 1 aromatic rings. The molecule has 0 unspecified atom stereocenters. The normalized spacial score (nSPS) is 9.93. The Labute approximate surface area is 88.6 Å². The zero-order valence-corrected chi connectivity index (χ0v) is 8.97. The van der Waals surface area contributed by atoms with Crippen LogP contribution in [0.4, 0.5) is 4.39 Å². The van der Waals surface area contributed by atoms with Gasteiger partial charge in [-0.25, -0.2) is 9.18 Å². The van der Waals surface area contributed by atoms with E-state index in [1.165, 1.54) is 6.07 Å². The van der Waals surface area contributed by atoms with Gasteiger partial charge in [0.05, 0.1) is 12.2 Å². The number of halogens is 2. The summed E-state index contributed by atoms with van der Waals surface area (Å²) in [7, 11) is 0. The zero-order chi connectivity index (χ0) is 10.7. The number of carboxylic acid groups (broad SMARTS) is 1. The van der Waals surface area contributed by atoms with Crippen LogP contribution in [-0.2, 0) is 0 Å². The average Bonchev–Trinajstić information content (AvgIpc) is 2.10. The average molecular weight is 263 g/mol. The van der Waals surface area contributed by atoms with E-state index in [-0.39, 0.29) is 11.3 Å². The maximum absolute atomic E-state index is 13.2. The Morgan fingerprint density at radius 1 is 1.64 bits per heavy atom. The molecule has 0 heterocycles. The lowest BCUT2D eigenvalue weighted by Gasteiger charge is -2.06. The molecule has 0 aromatic heterocycles. The maximum Gasteiger partial charge on any atom is 0.336 e. The summed E-state index contributed by atoms with van der Waals surface area (Å²) in [5.74, 6) is -1.81. The largest absolute Gasteiger partial charge is 0.491 e. The molecule has 76 valence electrons. The lowest BCUT2D eigenvalue weighted by molar-refractivity contribution is 0.0695. The fraction of sp³-hybridized carbons (Fsp3) is 0.222. The second kappa shape index (κ2) is 4.41. The summed E-state index contributed by atoms with van der Waals surface area (Å²) in [4.78, 5) is 10.6. The Balaban J connectivity index is 3.17. The van der Waals surface area contributed by atoms with Crippen LogP contribution in [0.15, 0.2) is 16.6 Å². The molecule has 5 heteroatoms. The van der Waals surface area contributed by atoms with Gasteiger partial charge in [-0.15, -0.1) is 0 Å². The minimum atomic E-state index is -1.18. The molecule has 1 aromatic carbocycles. The molecule has 1 N–H and O–H groups in total. The van der Waals surface area contributed by atoms with E-state index >= 15 is 0 Å². The van der Waals surface area contributed by atoms with Crippen LogP contribution in [0.25, 0.3) is 0 Å². The molecule has 0 saturated heterocycles. The third-order valence-corrected chi connectivity index (χ3v) is 2.21. The van der Waals surface area contributed by atoms with Crippen LogP contribution in [0.3, 0.4) is 0 Å². The monoisotopic (exact) mass is 262 g/mol. The minimum Gasteiger partial charge on any atom is -0.491 e. The van der Waals surface area contributed by atoms with Crippen LogP contribution in [0.2, 0.25) is 0 Å². The summed E-state index contributed by atoms with van der Waals surface area (Å²) in [5, 5.41) is 8.67. The molecule has 0 radical (unpaired) electrons. The SMILES string of the molecule is CCOc1cc(Br)c(C(=O)O)cc1F. The van der Waals surface area contributed by atoms with E-state index in [4.69, 9.17) is 9.84 Å². The summed E-state index contributed by atoms with van der Waals surface area (Å²) in [6.07, 6.45) is 0. The third kappa shape index (κ3) is 2.23. The van der Waals surface area contributed by atoms with Crippen LogP contribution in [-0.4, -0.2) is 17.7 Å². The summed E-state index contributed by atoms with van der Waals surface area (Å²) in [6.45, 7) is 2.05. The number of hydrogen-bond acceptors (Lipinski definition) is 2. The predicted octanol–water partition coefficient (Wildman–Crippen LogP) is 2.69. The van der Waals surface area contributed by atoms with Crippen molar-refractivity contribution in [3.63, 3.8) is 0 Å². The molecular formula is C9H8BrFO3. The molecule has 0 aliphatic rings. The van der Waals surface area contributed by atoms with Gasteiger partial charge in [0.2, 0.25) is 0 Å². The first-order chi connectivity index (χ1) is 6.56. The number of carboxylic acids is 1. The van der Waals surface area contributed by atoms with E-state index in [1.54, 1.807) is 6.92 Å². The molecule has 0 fully saturated rings. The Morgan fingerprint density at radius 3 is 2.79 bits per heavy atom. The highest BCUT2D eigenvalue weighted by Crippen LogP contribution is 2.26. The van der Waals surface area contributed by atoms with Crippen LogP contribution >= 0.6 is 15.9 Å². The summed E-state index contributed by atoms with van der Waals surface area (Å²) < 4.78 is 18.4. The number of rotatable bonds is 3. The van der Waals surface area contributed by atoms with Gasteiger partial charge in [0.1, 0.15) is 0 Å². The highest BCUT2D eigenvalue weighted by atomic mass is 79.9. The van der Waals surface area contributed by atoms with Gasteiger partial charge in [0.15, 0.2) is 11.6 Å². The Hall–Kier alpha value is -1.10. The van der Waals surface area contributed by atoms with Gasteiger partial charge in [-0.2, -0.15) is 0 Å². The number of carbonyl (C=O) groups is 1. The quantitative estimate of drug-likeness (QED) is 0.911. The highest BCUT2D eigenvalue weighted by molar-refractivity contribution is 9.10. The van der Waals surface area contributed by atoms with Crippen molar-refractivity contribution in [2.45, 2.75) is 6.92 Å². The van der Waals surface area contributed by atoms with Gasteiger partial charge in [-0.3, -0.25) is 0 Å². The van der Waals surface area contributed by atoms with Gasteiger partial charge in [-0.05, 0) is 35.0 Å². The first kappa shape index (κ1) is 11.0. The Morgan fingerprint density at radius 2 is 2.29 bits per heavy atom. The molecule has 0 atom stereocenters. The summed E-state index contributed by atoms with van der Waals surface area (Å²) in [6, 6.07) is 2.24. The minimum absolute atomic E-state index is 0.0457. The molecule has 0 spiro atoms. The summed E-state index contributed by atoms with van der Waals surface area (Å²) in [5.41, 5.74) is -0.119. The second-order valence-electron chi connectivity index (χ2n) is 2.50. The molecule has 0 amide bonds. The second-order valence-corrected chi connectivity index (χ2v) is 3.35.